The molecule has 0 saturated carbocycles. The number of halogens is 1. The molecule has 1 amide bonds. The van der Waals surface area contributed by atoms with Crippen LogP contribution in [-0.4, -0.2) is 30.0 Å². The Bertz CT molecular complexity index is 982. The summed E-state index contributed by atoms with van der Waals surface area (Å²) in [6.07, 6.45) is 1.40. The molecular formula is C21H22FN3O3S. The number of rotatable bonds is 3. The quantitative estimate of drug-likeness (QED) is 0.794. The van der Waals surface area contributed by atoms with Gasteiger partial charge >= 0.3 is 0 Å². The van der Waals surface area contributed by atoms with Crippen LogP contribution in [0.5, 0.6) is 11.5 Å². The molecule has 1 unspecified atom stereocenters. The van der Waals surface area contributed by atoms with Crippen molar-refractivity contribution in [2.75, 3.05) is 24.3 Å². The van der Waals surface area contributed by atoms with Gasteiger partial charge in [0.05, 0.1) is 24.3 Å². The Morgan fingerprint density at radius 1 is 1.28 bits per heavy atom. The fourth-order valence-electron chi connectivity index (χ4n) is 3.47. The molecule has 0 aromatic heterocycles. The van der Waals surface area contributed by atoms with Gasteiger partial charge in [-0.3, -0.25) is 9.79 Å². The third kappa shape index (κ3) is 4.03. The van der Waals surface area contributed by atoms with Crippen molar-refractivity contribution in [3.8, 4) is 11.5 Å². The number of anilines is 1. The summed E-state index contributed by atoms with van der Waals surface area (Å²) >= 11 is 1.46. The largest absolute Gasteiger partial charge is 0.490 e. The van der Waals surface area contributed by atoms with Crippen molar-refractivity contribution >= 4 is 28.5 Å². The third-order valence-electron chi connectivity index (χ3n) is 5.02. The highest BCUT2D eigenvalue weighted by Crippen LogP contribution is 2.38. The highest BCUT2D eigenvalue weighted by Gasteiger charge is 2.32. The van der Waals surface area contributed by atoms with Gasteiger partial charge in [-0.05, 0) is 43.7 Å². The monoisotopic (exact) mass is 415 g/mol. The molecule has 29 heavy (non-hydrogen) atoms. The summed E-state index contributed by atoms with van der Waals surface area (Å²) in [7, 11) is 0. The lowest BCUT2D eigenvalue weighted by molar-refractivity contribution is 0.102. The molecular weight excluding hydrogens is 393 g/mol. The van der Waals surface area contributed by atoms with Crippen molar-refractivity contribution in [3.63, 3.8) is 0 Å². The first-order chi connectivity index (χ1) is 14.0. The number of ether oxygens (including phenoxy) is 2. The Hall–Kier alpha value is -2.74. The van der Waals surface area contributed by atoms with Gasteiger partial charge in [0.2, 0.25) is 0 Å². The topological polar surface area (TPSA) is 85.9 Å². The third-order valence-corrected chi connectivity index (χ3v) is 5.81. The number of carbonyl (C=O) groups is 1. The number of hydrogen-bond acceptors (Lipinski definition) is 6. The number of hydrogen-bond donors (Lipinski definition) is 2. The van der Waals surface area contributed by atoms with E-state index in [0.29, 0.717) is 53.1 Å². The number of aliphatic imine (C=N–C) groups is 1. The lowest BCUT2D eigenvalue weighted by Gasteiger charge is -2.30. The molecule has 0 radical (unpaired) electrons. The number of amides is 1. The van der Waals surface area contributed by atoms with Gasteiger partial charge < -0.3 is 20.5 Å². The second-order valence-electron chi connectivity index (χ2n) is 7.15. The second-order valence-corrected chi connectivity index (χ2v) is 8.27. The predicted octanol–water partition coefficient (Wildman–Crippen LogP) is 3.91. The van der Waals surface area contributed by atoms with Crippen LogP contribution in [0.4, 0.5) is 10.1 Å². The predicted molar refractivity (Wildman–Crippen MR) is 112 cm³/mol. The molecule has 2 aromatic carbocycles. The van der Waals surface area contributed by atoms with E-state index in [1.807, 2.05) is 6.92 Å². The molecule has 2 aliphatic rings. The molecule has 0 aliphatic carbocycles. The van der Waals surface area contributed by atoms with Crippen molar-refractivity contribution in [3.05, 3.63) is 53.3 Å². The van der Waals surface area contributed by atoms with E-state index in [4.69, 9.17) is 15.2 Å². The molecule has 2 heterocycles. The number of benzene rings is 2. The summed E-state index contributed by atoms with van der Waals surface area (Å²) in [6, 6.07) is 9.70. The highest BCUT2D eigenvalue weighted by atomic mass is 32.2. The van der Waals surface area contributed by atoms with Crippen LogP contribution in [0.15, 0.2) is 41.4 Å². The van der Waals surface area contributed by atoms with Crippen molar-refractivity contribution in [2.24, 2.45) is 10.7 Å². The van der Waals surface area contributed by atoms with Gasteiger partial charge in [-0.15, -0.1) is 0 Å². The Labute approximate surface area is 172 Å². The smallest absolute Gasteiger partial charge is 0.259 e. The molecule has 4 rings (SSSR count). The first kappa shape index (κ1) is 19.6. The van der Waals surface area contributed by atoms with E-state index in [9.17, 15) is 9.18 Å². The van der Waals surface area contributed by atoms with E-state index in [2.05, 4.69) is 10.3 Å². The average molecular weight is 415 g/mol. The van der Waals surface area contributed by atoms with Crippen molar-refractivity contribution in [1.29, 1.82) is 0 Å². The molecule has 3 N–H and O–H groups in total. The summed E-state index contributed by atoms with van der Waals surface area (Å²) in [5.74, 6) is 1.01. The van der Waals surface area contributed by atoms with Gasteiger partial charge in [-0.1, -0.05) is 17.8 Å². The van der Waals surface area contributed by atoms with E-state index in [1.165, 1.54) is 23.9 Å². The zero-order valence-corrected chi connectivity index (χ0v) is 16.9. The summed E-state index contributed by atoms with van der Waals surface area (Å²) in [4.78, 5) is 17.4. The summed E-state index contributed by atoms with van der Waals surface area (Å²) in [6.45, 7) is 2.87. The Morgan fingerprint density at radius 3 is 2.93 bits per heavy atom. The molecule has 152 valence electrons. The Morgan fingerprint density at radius 2 is 2.10 bits per heavy atom. The molecule has 2 aromatic rings. The SMILES string of the molecule is CC1(c2cc(NC(=O)c3cccc4c3OCCCO4)ccc2F)CCSC(N)=N1. The first-order valence-electron chi connectivity index (χ1n) is 9.44. The molecule has 0 bridgehead atoms. The van der Waals surface area contributed by atoms with Crippen molar-refractivity contribution < 1.29 is 18.7 Å². The van der Waals surface area contributed by atoms with Crippen LogP contribution >= 0.6 is 11.8 Å². The summed E-state index contributed by atoms with van der Waals surface area (Å²) in [5, 5.41) is 3.28. The molecule has 0 fully saturated rings. The van der Waals surface area contributed by atoms with E-state index >= 15 is 0 Å². The summed E-state index contributed by atoms with van der Waals surface area (Å²) in [5.41, 5.74) is 6.36. The van der Waals surface area contributed by atoms with Gasteiger partial charge in [0, 0.05) is 23.4 Å². The number of carbonyl (C=O) groups excluding carboxylic acids is 1. The Kier molecular flexibility index (Phi) is 5.36. The van der Waals surface area contributed by atoms with Gasteiger partial charge in [0.25, 0.3) is 5.91 Å². The van der Waals surface area contributed by atoms with Gasteiger partial charge in [0.15, 0.2) is 16.7 Å². The molecule has 8 heteroatoms. The molecule has 1 atom stereocenters. The number of nitrogens with zero attached hydrogens (tertiary/aromatic N) is 1. The maximum atomic E-state index is 14.6. The minimum absolute atomic E-state index is 0.350. The van der Waals surface area contributed by atoms with E-state index in [-0.39, 0.29) is 11.7 Å². The van der Waals surface area contributed by atoms with Gasteiger partial charge in [-0.2, -0.15) is 0 Å². The lowest BCUT2D eigenvalue weighted by Crippen LogP contribution is -2.29. The van der Waals surface area contributed by atoms with Crippen LogP contribution in [0.3, 0.4) is 0 Å². The minimum atomic E-state index is -0.763. The fraction of sp³-hybridized carbons (Fsp3) is 0.333. The van der Waals surface area contributed by atoms with Crippen molar-refractivity contribution in [1.82, 2.24) is 0 Å². The van der Waals surface area contributed by atoms with Crippen LogP contribution in [0.25, 0.3) is 0 Å². The van der Waals surface area contributed by atoms with Crippen LogP contribution in [-0.2, 0) is 5.54 Å². The van der Waals surface area contributed by atoms with Crippen LogP contribution in [0, 0.1) is 5.82 Å². The first-order valence-corrected chi connectivity index (χ1v) is 10.4. The van der Waals surface area contributed by atoms with Crippen LogP contribution in [0.2, 0.25) is 0 Å². The maximum Gasteiger partial charge on any atom is 0.259 e. The van der Waals surface area contributed by atoms with E-state index < -0.39 is 5.54 Å². The molecule has 0 saturated heterocycles. The molecule has 6 nitrogen and oxygen atoms in total. The number of fused-ring (bicyclic) bond motifs is 1. The van der Waals surface area contributed by atoms with Gasteiger partial charge in [-0.25, -0.2) is 4.39 Å². The van der Waals surface area contributed by atoms with Crippen LogP contribution in [0.1, 0.15) is 35.7 Å². The summed E-state index contributed by atoms with van der Waals surface area (Å²) < 4.78 is 26.0. The number of nitrogens with two attached hydrogens (primary N) is 1. The van der Waals surface area contributed by atoms with Gasteiger partial charge in [0.1, 0.15) is 5.82 Å². The highest BCUT2D eigenvalue weighted by molar-refractivity contribution is 8.13. The minimum Gasteiger partial charge on any atom is -0.490 e. The zero-order valence-electron chi connectivity index (χ0n) is 16.0. The Balaban J connectivity index is 1.63. The molecule has 2 aliphatic heterocycles. The van der Waals surface area contributed by atoms with Crippen LogP contribution < -0.4 is 20.5 Å². The van der Waals surface area contributed by atoms with Crippen molar-refractivity contribution in [2.45, 2.75) is 25.3 Å². The van der Waals surface area contributed by atoms with E-state index in [0.717, 1.165) is 12.2 Å². The maximum absolute atomic E-state index is 14.6. The number of nitrogens with one attached hydrogen (secondary N) is 1. The standard InChI is InChI=1S/C21H22FN3O3S/c1-21(8-11-29-20(23)25-21)15-12-13(6-7-16(15)22)24-19(26)14-4-2-5-17-18(14)28-10-3-9-27-17/h2,4-7,12H,3,8-11H2,1H3,(H2,23,25)(H,24,26). The lowest BCUT2D eigenvalue weighted by atomic mass is 9.89. The fourth-order valence-corrected chi connectivity index (χ4v) is 4.44. The number of para-hydroxylation sites is 1. The zero-order chi connectivity index (χ0) is 20.4. The molecule has 0 spiro atoms. The average Bonchev–Trinajstić information content (AvgIpc) is 2.94. The second kappa shape index (κ2) is 7.94. The number of amidine groups is 1. The van der Waals surface area contributed by atoms with E-state index in [1.54, 1.807) is 24.3 Å². The number of thioether (sulfide) groups is 1. The normalized spacial score (nSPS) is 21.1.